The number of hydrogen-bond acceptors (Lipinski definition) is 3. The molecule has 0 bridgehead atoms. The molecule has 3 nitrogen and oxygen atoms in total. The van der Waals surface area contributed by atoms with Crippen LogP contribution in [0.4, 0.5) is 0 Å². The molecule has 0 N–H and O–H groups in total. The van der Waals surface area contributed by atoms with Crippen molar-refractivity contribution in [1.29, 1.82) is 0 Å². The predicted octanol–water partition coefficient (Wildman–Crippen LogP) is 3.86. The second-order valence-electron chi connectivity index (χ2n) is 4.97. The van der Waals surface area contributed by atoms with E-state index in [1.165, 1.54) is 11.9 Å². The van der Waals surface area contributed by atoms with Crippen LogP contribution in [0.25, 0.3) is 11.3 Å². The Morgan fingerprint density at radius 1 is 1.26 bits per heavy atom. The van der Waals surface area contributed by atoms with Crippen LogP contribution in [0.2, 0.25) is 5.15 Å². The fraction of sp³-hybridized carbons (Fsp3) is 0.333. The molecule has 1 aliphatic heterocycles. The Balaban J connectivity index is 2.24. The number of benzene rings is 1. The van der Waals surface area contributed by atoms with Gasteiger partial charge < -0.3 is 4.74 Å². The van der Waals surface area contributed by atoms with E-state index in [9.17, 15) is 0 Å². The van der Waals surface area contributed by atoms with E-state index >= 15 is 0 Å². The monoisotopic (exact) mass is 274 g/mol. The van der Waals surface area contributed by atoms with Crippen LogP contribution >= 0.6 is 11.6 Å². The Kier molecular flexibility index (Phi) is 3.15. The van der Waals surface area contributed by atoms with Gasteiger partial charge >= 0.3 is 0 Å². The van der Waals surface area contributed by atoms with Crippen LogP contribution in [-0.4, -0.2) is 16.6 Å². The number of fused-ring (bicyclic) bond motifs is 1. The summed E-state index contributed by atoms with van der Waals surface area (Å²) >= 11 is 6.23. The Morgan fingerprint density at radius 2 is 2.11 bits per heavy atom. The number of ether oxygens (including phenoxy) is 1. The van der Waals surface area contributed by atoms with E-state index in [-0.39, 0.29) is 5.92 Å². The van der Waals surface area contributed by atoms with Crippen LogP contribution in [0.1, 0.15) is 30.9 Å². The van der Waals surface area contributed by atoms with Crippen molar-refractivity contribution in [1.82, 2.24) is 9.97 Å². The molecule has 0 spiro atoms. The molecule has 4 heteroatoms. The molecule has 0 unspecified atom stereocenters. The fourth-order valence-electron chi connectivity index (χ4n) is 2.50. The van der Waals surface area contributed by atoms with Crippen LogP contribution in [0.15, 0.2) is 24.5 Å². The molecule has 0 amide bonds. The zero-order valence-corrected chi connectivity index (χ0v) is 11.7. The summed E-state index contributed by atoms with van der Waals surface area (Å²) in [5, 5.41) is 0.524. The molecule has 19 heavy (non-hydrogen) atoms. The number of para-hydroxylation sites is 1. The van der Waals surface area contributed by atoms with E-state index in [4.69, 9.17) is 16.3 Å². The third-order valence-corrected chi connectivity index (χ3v) is 3.68. The maximum atomic E-state index is 6.23. The minimum atomic E-state index is 0.265. The third kappa shape index (κ3) is 2.08. The summed E-state index contributed by atoms with van der Waals surface area (Å²) in [6, 6.07) is 6.18. The van der Waals surface area contributed by atoms with Gasteiger partial charge in [-0.3, -0.25) is 0 Å². The first-order valence-electron chi connectivity index (χ1n) is 6.44. The molecule has 0 fully saturated rings. The topological polar surface area (TPSA) is 35.0 Å². The first-order valence-corrected chi connectivity index (χ1v) is 6.81. The van der Waals surface area contributed by atoms with E-state index in [0.29, 0.717) is 5.15 Å². The Bertz CT molecular complexity index is 626. The summed E-state index contributed by atoms with van der Waals surface area (Å²) in [5.74, 6) is 1.21. The highest BCUT2D eigenvalue weighted by molar-refractivity contribution is 6.30. The Morgan fingerprint density at radius 3 is 2.89 bits per heavy atom. The van der Waals surface area contributed by atoms with Crippen LogP contribution < -0.4 is 4.74 Å². The number of nitrogens with zero attached hydrogens (tertiary/aromatic N) is 2. The molecule has 2 aromatic rings. The van der Waals surface area contributed by atoms with Gasteiger partial charge in [-0.2, -0.15) is 0 Å². The van der Waals surface area contributed by atoms with E-state index in [0.717, 1.165) is 35.6 Å². The normalized spacial score (nSPS) is 13.5. The molecule has 0 saturated carbocycles. The van der Waals surface area contributed by atoms with Gasteiger partial charge in [-0.25, -0.2) is 9.97 Å². The quantitative estimate of drug-likeness (QED) is 0.780. The summed E-state index contributed by atoms with van der Waals surface area (Å²) < 4.78 is 5.76. The first-order chi connectivity index (χ1) is 9.18. The van der Waals surface area contributed by atoms with E-state index < -0.39 is 0 Å². The van der Waals surface area contributed by atoms with Crippen LogP contribution in [0, 0.1) is 0 Å². The number of halogens is 1. The van der Waals surface area contributed by atoms with Gasteiger partial charge in [0.05, 0.1) is 12.3 Å². The highest BCUT2D eigenvalue weighted by Crippen LogP contribution is 2.40. The summed E-state index contributed by atoms with van der Waals surface area (Å²) in [4.78, 5) is 8.53. The molecule has 0 radical (unpaired) electrons. The maximum absolute atomic E-state index is 6.23. The zero-order chi connectivity index (χ0) is 13.4. The summed E-state index contributed by atoms with van der Waals surface area (Å²) in [6.07, 6.45) is 2.47. The molecule has 0 aliphatic carbocycles. The first kappa shape index (κ1) is 12.4. The van der Waals surface area contributed by atoms with Crippen molar-refractivity contribution in [2.75, 3.05) is 6.61 Å². The van der Waals surface area contributed by atoms with Gasteiger partial charge in [0.1, 0.15) is 17.2 Å². The number of aromatic nitrogens is 2. The van der Waals surface area contributed by atoms with Gasteiger partial charge in [0.2, 0.25) is 0 Å². The van der Waals surface area contributed by atoms with Gasteiger partial charge in [-0.1, -0.05) is 37.6 Å². The molecule has 0 saturated heterocycles. The van der Waals surface area contributed by atoms with Gasteiger partial charge in [-0.15, -0.1) is 0 Å². The molecule has 1 aromatic heterocycles. The van der Waals surface area contributed by atoms with Crippen molar-refractivity contribution in [2.24, 2.45) is 0 Å². The SMILES string of the molecule is CC(C)c1c(Cl)ncnc1-c1cccc2c1OCC2. The smallest absolute Gasteiger partial charge is 0.136 e. The lowest BCUT2D eigenvalue weighted by Gasteiger charge is -2.14. The van der Waals surface area contributed by atoms with Gasteiger partial charge in [-0.05, 0) is 17.5 Å². The maximum Gasteiger partial charge on any atom is 0.136 e. The molecule has 0 atom stereocenters. The summed E-state index contributed by atoms with van der Waals surface area (Å²) in [6.45, 7) is 4.93. The van der Waals surface area contributed by atoms with Crippen molar-refractivity contribution in [2.45, 2.75) is 26.2 Å². The van der Waals surface area contributed by atoms with Crippen molar-refractivity contribution < 1.29 is 4.74 Å². The lowest BCUT2D eigenvalue weighted by Crippen LogP contribution is -2.00. The lowest BCUT2D eigenvalue weighted by molar-refractivity contribution is 0.358. The molecule has 98 valence electrons. The molecular formula is C15H15ClN2O. The summed E-state index contributed by atoms with van der Waals surface area (Å²) in [7, 11) is 0. The third-order valence-electron chi connectivity index (χ3n) is 3.38. The average Bonchev–Trinajstić information content (AvgIpc) is 2.85. The Hall–Kier alpha value is -1.61. The second kappa shape index (κ2) is 4.82. The molecular weight excluding hydrogens is 260 g/mol. The second-order valence-corrected chi connectivity index (χ2v) is 5.33. The van der Waals surface area contributed by atoms with Crippen molar-refractivity contribution >= 4 is 11.6 Å². The minimum absolute atomic E-state index is 0.265. The van der Waals surface area contributed by atoms with E-state index in [2.05, 4.69) is 29.9 Å². The van der Waals surface area contributed by atoms with Crippen LogP contribution in [-0.2, 0) is 6.42 Å². The molecule has 1 aliphatic rings. The Labute approximate surface area is 117 Å². The van der Waals surface area contributed by atoms with Crippen molar-refractivity contribution in [3.8, 4) is 17.0 Å². The lowest BCUT2D eigenvalue weighted by atomic mass is 9.96. The summed E-state index contributed by atoms with van der Waals surface area (Å²) in [5.41, 5.74) is 4.12. The fourth-order valence-corrected chi connectivity index (χ4v) is 2.85. The zero-order valence-electron chi connectivity index (χ0n) is 11.0. The van der Waals surface area contributed by atoms with Gasteiger partial charge in [0.25, 0.3) is 0 Å². The highest BCUT2D eigenvalue weighted by Gasteiger charge is 2.22. The number of rotatable bonds is 2. The van der Waals surface area contributed by atoms with Crippen molar-refractivity contribution in [3.63, 3.8) is 0 Å². The standard InChI is InChI=1S/C15H15ClN2O/c1-9(2)12-13(17-8-18-15(12)16)11-5-3-4-10-6-7-19-14(10)11/h3-5,8-9H,6-7H2,1-2H3. The van der Waals surface area contributed by atoms with E-state index in [1.54, 1.807) is 0 Å². The van der Waals surface area contributed by atoms with Gasteiger partial charge in [0, 0.05) is 17.5 Å². The molecule has 3 rings (SSSR count). The van der Waals surface area contributed by atoms with Gasteiger partial charge in [0.15, 0.2) is 0 Å². The molecule has 2 heterocycles. The number of hydrogen-bond donors (Lipinski definition) is 0. The van der Waals surface area contributed by atoms with E-state index in [1.807, 2.05) is 12.1 Å². The van der Waals surface area contributed by atoms with Crippen molar-refractivity contribution in [3.05, 3.63) is 40.8 Å². The minimum Gasteiger partial charge on any atom is -0.492 e. The predicted molar refractivity (Wildman–Crippen MR) is 75.8 cm³/mol. The highest BCUT2D eigenvalue weighted by atomic mass is 35.5. The van der Waals surface area contributed by atoms with Crippen LogP contribution in [0.5, 0.6) is 5.75 Å². The largest absolute Gasteiger partial charge is 0.492 e. The van der Waals surface area contributed by atoms with Crippen LogP contribution in [0.3, 0.4) is 0 Å². The molecule has 1 aromatic carbocycles. The average molecular weight is 275 g/mol.